The zero-order valence-corrected chi connectivity index (χ0v) is 15.8. The van der Waals surface area contributed by atoms with Gasteiger partial charge in [-0.05, 0) is 54.6 Å². The average molecular weight is 337 g/mol. The lowest BCUT2D eigenvalue weighted by Gasteiger charge is -2.58. The second-order valence-corrected chi connectivity index (χ2v) is 10.5. The second-order valence-electron chi connectivity index (χ2n) is 9.42. The largest absolute Gasteiger partial charge is 0.393 e. The molecule has 3 heteroatoms. The van der Waals surface area contributed by atoms with Crippen LogP contribution in [-0.4, -0.2) is 33.4 Å². The van der Waals surface area contributed by atoms with E-state index >= 15 is 0 Å². The Balaban J connectivity index is 1.73. The van der Waals surface area contributed by atoms with Gasteiger partial charge in [-0.25, -0.2) is 0 Å². The van der Waals surface area contributed by atoms with E-state index in [9.17, 15) is 10.2 Å². The maximum absolute atomic E-state index is 11.0. The molecule has 1 aliphatic heterocycles. The molecule has 3 fully saturated rings. The Morgan fingerprint density at radius 3 is 2.70 bits per heavy atom. The highest BCUT2D eigenvalue weighted by molar-refractivity contribution is 8.00. The van der Waals surface area contributed by atoms with E-state index in [2.05, 4.69) is 45.5 Å². The van der Waals surface area contributed by atoms with Crippen molar-refractivity contribution in [1.29, 1.82) is 0 Å². The van der Waals surface area contributed by atoms with Crippen LogP contribution in [0.1, 0.15) is 53.4 Å². The first-order valence-corrected chi connectivity index (χ1v) is 10.5. The number of rotatable bonds is 0. The van der Waals surface area contributed by atoms with Crippen LogP contribution in [0.5, 0.6) is 0 Å². The Morgan fingerprint density at radius 1 is 1.22 bits per heavy atom. The van der Waals surface area contributed by atoms with E-state index in [0.29, 0.717) is 22.5 Å². The quantitative estimate of drug-likeness (QED) is 0.660. The molecule has 0 aromatic rings. The Hall–Kier alpha value is 0.01000. The van der Waals surface area contributed by atoms with Gasteiger partial charge in [0.1, 0.15) is 0 Å². The predicted octanol–water partition coefficient (Wildman–Crippen LogP) is 3.87. The summed E-state index contributed by atoms with van der Waals surface area (Å²) in [5.74, 6) is 3.80. The standard InChI is InChI=1S/C20H32O2S/c1-11-7-15-17-16(22)9-13-8-14(21)5-6-19(13,3)18(17)23-10-20(15,4)12(11)2/h9,11-12,14-18,21-22H,5-8,10H2,1-4H3/t11-,12+,14+,15?,16+,17?,18?,19+,20-/m1/s1. The van der Waals surface area contributed by atoms with Gasteiger partial charge in [-0.15, -0.1) is 0 Å². The molecule has 2 N–H and O–H groups in total. The van der Waals surface area contributed by atoms with Crippen LogP contribution in [-0.2, 0) is 0 Å². The average Bonchev–Trinajstić information content (AvgIpc) is 2.73. The highest BCUT2D eigenvalue weighted by Crippen LogP contribution is 2.66. The molecule has 0 bridgehead atoms. The molecular weight excluding hydrogens is 304 g/mol. The number of thioether (sulfide) groups is 1. The Kier molecular flexibility index (Phi) is 3.76. The smallest absolute Gasteiger partial charge is 0.0765 e. The molecule has 3 unspecified atom stereocenters. The Labute approximate surface area is 145 Å². The molecule has 130 valence electrons. The van der Waals surface area contributed by atoms with E-state index in [1.165, 1.54) is 17.7 Å². The van der Waals surface area contributed by atoms with Crippen molar-refractivity contribution in [3.8, 4) is 0 Å². The number of hydrogen-bond acceptors (Lipinski definition) is 3. The summed E-state index contributed by atoms with van der Waals surface area (Å²) < 4.78 is 0. The monoisotopic (exact) mass is 336 g/mol. The third-order valence-corrected chi connectivity index (χ3v) is 10.3. The van der Waals surface area contributed by atoms with Crippen molar-refractivity contribution >= 4 is 11.8 Å². The fourth-order valence-corrected chi connectivity index (χ4v) is 8.66. The lowest BCUT2D eigenvalue weighted by Crippen LogP contribution is -2.56. The SMILES string of the molecule is C[C@@H]1CC2C3C(SC[C@]2(C)[C@H]1C)[C@@]1(C)CC[C@H](O)CC1=C[C@@H]3O. The van der Waals surface area contributed by atoms with Gasteiger partial charge in [-0.2, -0.15) is 11.8 Å². The number of fused-ring (bicyclic) bond motifs is 5. The molecule has 0 spiro atoms. The first kappa shape index (κ1) is 16.5. The van der Waals surface area contributed by atoms with Gasteiger partial charge in [-0.1, -0.05) is 39.3 Å². The molecule has 0 radical (unpaired) electrons. The number of hydrogen-bond donors (Lipinski definition) is 2. The van der Waals surface area contributed by atoms with E-state index in [0.717, 1.165) is 31.1 Å². The summed E-state index contributed by atoms with van der Waals surface area (Å²) >= 11 is 2.14. The Bertz CT molecular complexity index is 532. The van der Waals surface area contributed by atoms with Crippen molar-refractivity contribution in [2.45, 2.75) is 70.8 Å². The summed E-state index contributed by atoms with van der Waals surface area (Å²) in [4.78, 5) is 0. The first-order chi connectivity index (χ1) is 10.8. The summed E-state index contributed by atoms with van der Waals surface area (Å²) in [6, 6.07) is 0. The lowest BCUT2D eigenvalue weighted by atomic mass is 9.56. The van der Waals surface area contributed by atoms with Gasteiger partial charge in [0.15, 0.2) is 0 Å². The zero-order valence-electron chi connectivity index (χ0n) is 15.0. The highest BCUT2D eigenvalue weighted by Gasteiger charge is 2.61. The van der Waals surface area contributed by atoms with Gasteiger partial charge < -0.3 is 10.2 Å². The van der Waals surface area contributed by atoms with Gasteiger partial charge in [-0.3, -0.25) is 0 Å². The van der Waals surface area contributed by atoms with E-state index < -0.39 is 0 Å². The zero-order chi connectivity index (χ0) is 16.6. The number of aliphatic hydroxyl groups is 2. The van der Waals surface area contributed by atoms with Crippen molar-refractivity contribution in [2.24, 2.45) is 34.5 Å². The molecule has 2 nitrogen and oxygen atoms in total. The van der Waals surface area contributed by atoms with Gasteiger partial charge in [0, 0.05) is 16.6 Å². The van der Waals surface area contributed by atoms with Crippen molar-refractivity contribution < 1.29 is 10.2 Å². The lowest BCUT2D eigenvalue weighted by molar-refractivity contribution is 0.00192. The molecule has 1 saturated heterocycles. The third-order valence-electron chi connectivity index (χ3n) is 8.33. The summed E-state index contributed by atoms with van der Waals surface area (Å²) in [6.07, 6.45) is 5.66. The van der Waals surface area contributed by atoms with Crippen LogP contribution in [0.3, 0.4) is 0 Å². The molecule has 0 aromatic carbocycles. The molecule has 0 amide bonds. The van der Waals surface area contributed by atoms with Gasteiger partial charge in [0.2, 0.25) is 0 Å². The molecule has 2 saturated carbocycles. The van der Waals surface area contributed by atoms with E-state index in [1.54, 1.807) is 0 Å². The van der Waals surface area contributed by atoms with E-state index in [1.807, 2.05) is 0 Å². The van der Waals surface area contributed by atoms with Crippen molar-refractivity contribution in [3.63, 3.8) is 0 Å². The number of aliphatic hydroxyl groups excluding tert-OH is 2. The van der Waals surface area contributed by atoms with Gasteiger partial charge in [0.25, 0.3) is 0 Å². The first-order valence-electron chi connectivity index (χ1n) is 9.46. The summed E-state index contributed by atoms with van der Waals surface area (Å²) in [5, 5.41) is 21.6. The minimum absolute atomic E-state index is 0.185. The summed E-state index contributed by atoms with van der Waals surface area (Å²) in [7, 11) is 0. The van der Waals surface area contributed by atoms with Crippen molar-refractivity contribution in [3.05, 3.63) is 11.6 Å². The molecule has 23 heavy (non-hydrogen) atoms. The molecule has 9 atom stereocenters. The van der Waals surface area contributed by atoms with Crippen LogP contribution in [0, 0.1) is 34.5 Å². The van der Waals surface area contributed by atoms with Crippen LogP contribution >= 0.6 is 11.8 Å². The highest BCUT2D eigenvalue weighted by atomic mass is 32.2. The van der Waals surface area contributed by atoms with Crippen LogP contribution in [0.25, 0.3) is 0 Å². The fraction of sp³-hybridized carbons (Fsp3) is 0.900. The maximum atomic E-state index is 11.0. The van der Waals surface area contributed by atoms with Crippen LogP contribution in [0.4, 0.5) is 0 Å². The van der Waals surface area contributed by atoms with Crippen molar-refractivity contribution in [1.82, 2.24) is 0 Å². The molecule has 0 aromatic heterocycles. The third kappa shape index (κ3) is 2.15. The minimum atomic E-state index is -0.317. The normalized spacial score (nSPS) is 58.9. The fourth-order valence-electron chi connectivity index (χ4n) is 6.43. The van der Waals surface area contributed by atoms with E-state index in [-0.39, 0.29) is 17.6 Å². The topological polar surface area (TPSA) is 40.5 Å². The molecule has 4 rings (SSSR count). The summed E-state index contributed by atoms with van der Waals surface area (Å²) in [6.45, 7) is 9.73. The molecule has 1 heterocycles. The van der Waals surface area contributed by atoms with Gasteiger partial charge >= 0.3 is 0 Å². The molecule has 3 aliphatic carbocycles. The van der Waals surface area contributed by atoms with Crippen LogP contribution in [0.2, 0.25) is 0 Å². The summed E-state index contributed by atoms with van der Waals surface area (Å²) in [5.41, 5.74) is 1.90. The van der Waals surface area contributed by atoms with Gasteiger partial charge in [0.05, 0.1) is 12.2 Å². The van der Waals surface area contributed by atoms with Crippen LogP contribution < -0.4 is 0 Å². The minimum Gasteiger partial charge on any atom is -0.393 e. The maximum Gasteiger partial charge on any atom is 0.0765 e. The van der Waals surface area contributed by atoms with E-state index in [4.69, 9.17) is 0 Å². The predicted molar refractivity (Wildman–Crippen MR) is 96.3 cm³/mol. The van der Waals surface area contributed by atoms with Crippen LogP contribution in [0.15, 0.2) is 11.6 Å². The Morgan fingerprint density at radius 2 is 1.96 bits per heavy atom. The van der Waals surface area contributed by atoms with Crippen molar-refractivity contribution in [2.75, 3.05) is 5.75 Å². The molecular formula is C20H32O2S. The molecule has 4 aliphatic rings. The second kappa shape index (κ2) is 5.25.